The van der Waals surface area contributed by atoms with E-state index in [2.05, 4.69) is 10.6 Å². The van der Waals surface area contributed by atoms with Gasteiger partial charge in [0, 0.05) is 17.3 Å². The highest BCUT2D eigenvalue weighted by Gasteiger charge is 2.13. The van der Waals surface area contributed by atoms with E-state index in [-0.39, 0.29) is 34.8 Å². The number of carbonyl (C=O) groups is 2. The van der Waals surface area contributed by atoms with Gasteiger partial charge < -0.3 is 20.1 Å². The molecule has 0 saturated carbocycles. The van der Waals surface area contributed by atoms with Gasteiger partial charge in [-0.25, -0.2) is 4.39 Å². The molecule has 0 unspecified atom stereocenters. The first-order valence-corrected chi connectivity index (χ1v) is 8.54. The molecule has 0 atom stereocenters. The summed E-state index contributed by atoms with van der Waals surface area (Å²) in [6.45, 7) is 3.51. The molecular weight excluding hydrogens is 375 g/mol. The summed E-state index contributed by atoms with van der Waals surface area (Å²) >= 11 is 5.62. The second kappa shape index (κ2) is 9.23. The third kappa shape index (κ3) is 5.86. The topological polar surface area (TPSA) is 76.7 Å². The van der Waals surface area contributed by atoms with Gasteiger partial charge in [-0.05, 0) is 50.2 Å². The lowest BCUT2D eigenvalue weighted by atomic mass is 10.2. The summed E-state index contributed by atoms with van der Waals surface area (Å²) in [6, 6.07) is 8.49. The van der Waals surface area contributed by atoms with E-state index in [4.69, 9.17) is 21.1 Å². The van der Waals surface area contributed by atoms with Gasteiger partial charge in [0.2, 0.25) is 0 Å². The van der Waals surface area contributed by atoms with Crippen molar-refractivity contribution in [2.75, 3.05) is 19.0 Å². The second-order valence-corrected chi connectivity index (χ2v) is 6.37. The van der Waals surface area contributed by atoms with Crippen molar-refractivity contribution in [1.82, 2.24) is 5.32 Å². The fourth-order valence-corrected chi connectivity index (χ4v) is 2.33. The highest BCUT2D eigenvalue weighted by atomic mass is 35.5. The van der Waals surface area contributed by atoms with Crippen molar-refractivity contribution < 1.29 is 23.5 Å². The fraction of sp³-hybridized carbons (Fsp3) is 0.263. The van der Waals surface area contributed by atoms with E-state index in [9.17, 15) is 14.0 Å². The molecule has 0 radical (unpaired) electrons. The average molecular weight is 395 g/mol. The molecule has 0 aliphatic rings. The lowest BCUT2D eigenvalue weighted by molar-refractivity contribution is -0.123. The number of halogens is 2. The van der Waals surface area contributed by atoms with Gasteiger partial charge in [-0.1, -0.05) is 11.6 Å². The summed E-state index contributed by atoms with van der Waals surface area (Å²) in [7, 11) is 1.42. The first-order valence-electron chi connectivity index (χ1n) is 8.16. The normalized spacial score (nSPS) is 10.4. The Morgan fingerprint density at radius 1 is 1.15 bits per heavy atom. The van der Waals surface area contributed by atoms with Gasteiger partial charge in [0.05, 0.1) is 12.1 Å². The van der Waals surface area contributed by atoms with Gasteiger partial charge in [-0.3, -0.25) is 9.59 Å². The quantitative estimate of drug-likeness (QED) is 0.751. The first-order chi connectivity index (χ1) is 12.8. The molecule has 0 spiro atoms. The van der Waals surface area contributed by atoms with E-state index in [1.807, 2.05) is 13.8 Å². The molecule has 0 aliphatic heterocycles. The van der Waals surface area contributed by atoms with Crippen LogP contribution in [0.5, 0.6) is 11.5 Å². The number of ether oxygens (including phenoxy) is 2. The maximum Gasteiger partial charge on any atom is 0.258 e. The molecule has 144 valence electrons. The molecule has 2 N–H and O–H groups in total. The predicted molar refractivity (Wildman–Crippen MR) is 101 cm³/mol. The van der Waals surface area contributed by atoms with Gasteiger partial charge in [0.15, 0.2) is 18.1 Å². The van der Waals surface area contributed by atoms with Crippen molar-refractivity contribution in [1.29, 1.82) is 0 Å². The smallest absolute Gasteiger partial charge is 0.258 e. The highest BCUT2D eigenvalue weighted by molar-refractivity contribution is 6.30. The maximum atomic E-state index is 13.5. The Balaban J connectivity index is 2.08. The van der Waals surface area contributed by atoms with E-state index in [1.54, 1.807) is 0 Å². The number of benzene rings is 2. The monoisotopic (exact) mass is 394 g/mol. The molecule has 0 fully saturated rings. The van der Waals surface area contributed by atoms with E-state index >= 15 is 0 Å². The molecule has 0 saturated heterocycles. The Bertz CT molecular complexity index is 842. The van der Waals surface area contributed by atoms with Crippen molar-refractivity contribution >= 4 is 29.1 Å². The number of nitrogens with one attached hydrogen (secondary N) is 2. The van der Waals surface area contributed by atoms with Crippen LogP contribution in [0.25, 0.3) is 0 Å². The Morgan fingerprint density at radius 3 is 2.52 bits per heavy atom. The molecule has 0 aromatic heterocycles. The van der Waals surface area contributed by atoms with Gasteiger partial charge in [0.25, 0.3) is 11.8 Å². The minimum Gasteiger partial charge on any atom is -0.493 e. The highest BCUT2D eigenvalue weighted by Crippen LogP contribution is 2.28. The molecule has 2 amide bonds. The zero-order valence-corrected chi connectivity index (χ0v) is 15.9. The van der Waals surface area contributed by atoms with E-state index < -0.39 is 11.7 Å². The minimum absolute atomic E-state index is 0.00627. The SMILES string of the molecule is COc1cc(C(=O)Nc2ccc(Cl)c(F)c2)ccc1OCC(=O)NC(C)C. The van der Waals surface area contributed by atoms with E-state index in [0.717, 1.165) is 6.07 Å². The summed E-state index contributed by atoms with van der Waals surface area (Å²) in [5.74, 6) is -0.735. The summed E-state index contributed by atoms with van der Waals surface area (Å²) in [4.78, 5) is 24.0. The summed E-state index contributed by atoms with van der Waals surface area (Å²) in [6.07, 6.45) is 0. The molecule has 2 aromatic rings. The van der Waals surface area contributed by atoms with E-state index in [1.165, 1.54) is 37.4 Å². The number of carbonyl (C=O) groups excluding carboxylic acids is 2. The van der Waals surface area contributed by atoms with Crippen molar-refractivity contribution in [3.05, 3.63) is 52.8 Å². The Morgan fingerprint density at radius 2 is 1.89 bits per heavy atom. The molecule has 8 heteroatoms. The van der Waals surface area contributed by atoms with Crippen LogP contribution in [0.4, 0.5) is 10.1 Å². The van der Waals surface area contributed by atoms with Crippen LogP contribution in [0.15, 0.2) is 36.4 Å². The van der Waals surface area contributed by atoms with Crippen LogP contribution in [0.3, 0.4) is 0 Å². The van der Waals surface area contributed by atoms with Crippen molar-refractivity contribution in [3.63, 3.8) is 0 Å². The van der Waals surface area contributed by atoms with Crippen LogP contribution in [0, 0.1) is 5.82 Å². The second-order valence-electron chi connectivity index (χ2n) is 5.96. The van der Waals surface area contributed by atoms with Gasteiger partial charge in [-0.15, -0.1) is 0 Å². The maximum absolute atomic E-state index is 13.5. The van der Waals surface area contributed by atoms with Gasteiger partial charge in [-0.2, -0.15) is 0 Å². The van der Waals surface area contributed by atoms with Crippen LogP contribution in [0.1, 0.15) is 24.2 Å². The third-order valence-electron chi connectivity index (χ3n) is 3.41. The molecular formula is C19H20ClFN2O4. The first kappa shape index (κ1) is 20.5. The van der Waals surface area contributed by atoms with Crippen molar-refractivity contribution in [2.45, 2.75) is 19.9 Å². The Hall–Kier alpha value is -2.80. The third-order valence-corrected chi connectivity index (χ3v) is 3.72. The summed E-state index contributed by atoms with van der Waals surface area (Å²) in [5.41, 5.74) is 0.549. The van der Waals surface area contributed by atoms with Crippen LogP contribution < -0.4 is 20.1 Å². The standard InChI is InChI=1S/C19H20ClFN2O4/c1-11(2)22-18(24)10-27-16-7-4-12(8-17(16)26-3)19(25)23-13-5-6-14(20)15(21)9-13/h4-9,11H,10H2,1-3H3,(H,22,24)(H,23,25). The van der Waals surface area contributed by atoms with Crippen LogP contribution in [0.2, 0.25) is 5.02 Å². The zero-order chi connectivity index (χ0) is 20.0. The van der Waals surface area contributed by atoms with Gasteiger partial charge in [0.1, 0.15) is 5.82 Å². The number of rotatable bonds is 7. The fourth-order valence-electron chi connectivity index (χ4n) is 2.21. The molecule has 27 heavy (non-hydrogen) atoms. The molecule has 0 heterocycles. The predicted octanol–water partition coefficient (Wildman–Crippen LogP) is 3.64. The largest absolute Gasteiger partial charge is 0.493 e. The van der Waals surface area contributed by atoms with Crippen LogP contribution in [-0.4, -0.2) is 31.6 Å². The molecule has 0 bridgehead atoms. The lowest BCUT2D eigenvalue weighted by Crippen LogP contribution is -2.34. The Labute approximate surface area is 161 Å². The number of anilines is 1. The number of hydrogen-bond acceptors (Lipinski definition) is 4. The lowest BCUT2D eigenvalue weighted by Gasteiger charge is -2.13. The Kier molecular flexibility index (Phi) is 7.01. The summed E-state index contributed by atoms with van der Waals surface area (Å²) in [5, 5.41) is 5.25. The van der Waals surface area contributed by atoms with Crippen LogP contribution >= 0.6 is 11.6 Å². The van der Waals surface area contributed by atoms with Gasteiger partial charge >= 0.3 is 0 Å². The van der Waals surface area contributed by atoms with Crippen molar-refractivity contribution in [3.8, 4) is 11.5 Å². The minimum atomic E-state index is -0.629. The summed E-state index contributed by atoms with van der Waals surface area (Å²) < 4.78 is 24.1. The van der Waals surface area contributed by atoms with E-state index in [0.29, 0.717) is 11.5 Å². The van der Waals surface area contributed by atoms with Crippen molar-refractivity contribution in [2.24, 2.45) is 0 Å². The number of methoxy groups -OCH3 is 1. The molecule has 6 nitrogen and oxygen atoms in total. The number of hydrogen-bond donors (Lipinski definition) is 2. The van der Waals surface area contributed by atoms with Crippen LogP contribution in [-0.2, 0) is 4.79 Å². The number of amides is 2. The molecule has 2 rings (SSSR count). The zero-order valence-electron chi connectivity index (χ0n) is 15.1. The molecule has 0 aliphatic carbocycles. The molecule has 2 aromatic carbocycles. The average Bonchev–Trinajstić information content (AvgIpc) is 2.62.